The van der Waals surface area contributed by atoms with Crippen LogP contribution in [0.2, 0.25) is 0 Å². The third kappa shape index (κ3) is 5.05. The van der Waals surface area contributed by atoms with Crippen molar-refractivity contribution >= 4 is 5.84 Å². The van der Waals surface area contributed by atoms with Gasteiger partial charge in [0.25, 0.3) is 0 Å². The molecule has 106 valence electrons. The minimum Gasteiger partial charge on any atom is -0.497 e. The number of nitrogens with two attached hydrogens (primary N) is 1. The van der Waals surface area contributed by atoms with E-state index < -0.39 is 0 Å². The Labute approximate surface area is 112 Å². The zero-order chi connectivity index (χ0) is 14.1. The maximum Gasteiger partial charge on any atom is 0.170 e. The van der Waals surface area contributed by atoms with Gasteiger partial charge in [-0.15, -0.1) is 0 Å². The molecular weight excluding hydrogens is 248 g/mol. The van der Waals surface area contributed by atoms with Crippen molar-refractivity contribution in [3.63, 3.8) is 0 Å². The fourth-order valence-corrected chi connectivity index (χ4v) is 1.44. The lowest BCUT2D eigenvalue weighted by Crippen LogP contribution is -2.14. The van der Waals surface area contributed by atoms with Gasteiger partial charge in [0.05, 0.1) is 13.7 Å². The molecule has 0 spiro atoms. The lowest BCUT2D eigenvalue weighted by atomic mass is 10.2. The molecule has 0 heterocycles. The molecule has 19 heavy (non-hydrogen) atoms. The van der Waals surface area contributed by atoms with Crippen molar-refractivity contribution in [2.45, 2.75) is 13.3 Å². The van der Waals surface area contributed by atoms with Crippen LogP contribution in [-0.2, 0) is 4.74 Å². The van der Waals surface area contributed by atoms with Crippen LogP contribution in [0.4, 0.5) is 0 Å². The first-order valence-corrected chi connectivity index (χ1v) is 6.08. The molecule has 0 unspecified atom stereocenters. The Morgan fingerprint density at radius 3 is 2.58 bits per heavy atom. The Balaban J connectivity index is 2.66. The van der Waals surface area contributed by atoms with Gasteiger partial charge < -0.3 is 25.2 Å². The van der Waals surface area contributed by atoms with Gasteiger partial charge in [-0.05, 0) is 18.6 Å². The second kappa shape index (κ2) is 8.20. The minimum absolute atomic E-state index is 0.00554. The van der Waals surface area contributed by atoms with Crippen LogP contribution in [0, 0.1) is 0 Å². The fourth-order valence-electron chi connectivity index (χ4n) is 1.44. The molecule has 0 amide bonds. The maximum atomic E-state index is 8.68. The second-order valence-corrected chi connectivity index (χ2v) is 3.84. The molecule has 0 atom stereocenters. The summed E-state index contributed by atoms with van der Waals surface area (Å²) in [5, 5.41) is 11.6. The molecule has 0 radical (unpaired) electrons. The van der Waals surface area contributed by atoms with Crippen LogP contribution in [-0.4, -0.2) is 38.0 Å². The summed E-state index contributed by atoms with van der Waals surface area (Å²) in [6.45, 7) is 3.72. The van der Waals surface area contributed by atoms with Gasteiger partial charge in [-0.2, -0.15) is 0 Å². The zero-order valence-corrected chi connectivity index (χ0v) is 11.3. The predicted octanol–water partition coefficient (Wildman–Crippen LogP) is 1.60. The summed E-state index contributed by atoms with van der Waals surface area (Å²) in [6, 6.07) is 5.07. The van der Waals surface area contributed by atoms with Crippen molar-refractivity contribution < 1.29 is 19.4 Å². The summed E-state index contributed by atoms with van der Waals surface area (Å²) in [7, 11) is 1.54. The number of oxime groups is 1. The van der Waals surface area contributed by atoms with E-state index in [1.54, 1.807) is 25.3 Å². The van der Waals surface area contributed by atoms with Crippen LogP contribution in [0.1, 0.15) is 18.9 Å². The standard InChI is InChI=1S/C13H20N2O4/c1-3-4-18-5-6-19-12-8-10(13(14)15-16)7-11(9-12)17-2/h7-9,16H,3-6H2,1-2H3,(H2,14,15). The van der Waals surface area contributed by atoms with E-state index in [1.165, 1.54) is 0 Å². The van der Waals surface area contributed by atoms with Gasteiger partial charge >= 0.3 is 0 Å². The van der Waals surface area contributed by atoms with Gasteiger partial charge in [0, 0.05) is 18.2 Å². The van der Waals surface area contributed by atoms with E-state index in [1.807, 2.05) is 6.92 Å². The van der Waals surface area contributed by atoms with Crippen molar-refractivity contribution in [1.29, 1.82) is 0 Å². The summed E-state index contributed by atoms with van der Waals surface area (Å²) in [5.74, 6) is 1.17. The predicted molar refractivity (Wildman–Crippen MR) is 72.1 cm³/mol. The SMILES string of the molecule is CCCOCCOc1cc(OC)cc(/C(N)=N/O)c1. The van der Waals surface area contributed by atoms with Crippen LogP contribution in [0.25, 0.3) is 0 Å². The summed E-state index contributed by atoms with van der Waals surface area (Å²) >= 11 is 0. The van der Waals surface area contributed by atoms with E-state index in [2.05, 4.69) is 5.16 Å². The molecule has 1 rings (SSSR count). The number of rotatable bonds is 8. The van der Waals surface area contributed by atoms with Gasteiger partial charge in [-0.3, -0.25) is 0 Å². The van der Waals surface area contributed by atoms with Crippen LogP contribution >= 0.6 is 0 Å². The number of hydrogen-bond donors (Lipinski definition) is 2. The molecule has 0 fully saturated rings. The van der Waals surface area contributed by atoms with Gasteiger partial charge in [0.15, 0.2) is 5.84 Å². The lowest BCUT2D eigenvalue weighted by Gasteiger charge is -2.10. The number of amidine groups is 1. The van der Waals surface area contributed by atoms with Crippen molar-refractivity contribution in [3.05, 3.63) is 23.8 Å². The largest absolute Gasteiger partial charge is 0.497 e. The average molecular weight is 268 g/mol. The third-order valence-corrected chi connectivity index (χ3v) is 2.36. The molecular formula is C13H20N2O4. The molecule has 0 saturated carbocycles. The van der Waals surface area contributed by atoms with E-state index in [0.29, 0.717) is 30.3 Å². The van der Waals surface area contributed by atoms with Crippen molar-refractivity contribution in [3.8, 4) is 11.5 Å². The maximum absolute atomic E-state index is 8.68. The van der Waals surface area contributed by atoms with Crippen LogP contribution < -0.4 is 15.2 Å². The number of nitrogens with zero attached hydrogens (tertiary/aromatic N) is 1. The van der Waals surface area contributed by atoms with Gasteiger partial charge in [-0.25, -0.2) is 0 Å². The lowest BCUT2D eigenvalue weighted by molar-refractivity contribution is 0.100. The minimum atomic E-state index is 0.00554. The van der Waals surface area contributed by atoms with Crippen molar-refractivity contribution in [2.24, 2.45) is 10.9 Å². The molecule has 6 nitrogen and oxygen atoms in total. The molecule has 0 aromatic heterocycles. The Morgan fingerprint density at radius 1 is 1.21 bits per heavy atom. The Hall–Kier alpha value is -1.95. The number of ether oxygens (including phenoxy) is 3. The normalized spacial score (nSPS) is 11.4. The quantitative estimate of drug-likeness (QED) is 0.246. The monoisotopic (exact) mass is 268 g/mol. The highest BCUT2D eigenvalue weighted by Gasteiger charge is 2.06. The fraction of sp³-hybridized carbons (Fsp3) is 0.462. The average Bonchev–Trinajstić information content (AvgIpc) is 2.45. The highest BCUT2D eigenvalue weighted by molar-refractivity contribution is 5.97. The summed E-state index contributed by atoms with van der Waals surface area (Å²) < 4.78 is 16.0. The van der Waals surface area contributed by atoms with Gasteiger partial charge in [0.2, 0.25) is 0 Å². The molecule has 1 aromatic rings. The van der Waals surface area contributed by atoms with Crippen LogP contribution in [0.3, 0.4) is 0 Å². The molecule has 0 aliphatic rings. The van der Waals surface area contributed by atoms with Gasteiger partial charge in [0.1, 0.15) is 18.1 Å². The Kier molecular flexibility index (Phi) is 6.52. The summed E-state index contributed by atoms with van der Waals surface area (Å²) in [6.07, 6.45) is 0.979. The first-order valence-electron chi connectivity index (χ1n) is 6.08. The molecule has 1 aromatic carbocycles. The topological polar surface area (TPSA) is 86.3 Å². The molecule has 0 aliphatic heterocycles. The van der Waals surface area contributed by atoms with Crippen LogP contribution in [0.15, 0.2) is 23.4 Å². The Morgan fingerprint density at radius 2 is 1.95 bits per heavy atom. The van der Waals surface area contributed by atoms with Gasteiger partial charge in [-0.1, -0.05) is 12.1 Å². The van der Waals surface area contributed by atoms with E-state index in [0.717, 1.165) is 13.0 Å². The highest BCUT2D eigenvalue weighted by Crippen LogP contribution is 2.22. The summed E-state index contributed by atoms with van der Waals surface area (Å²) in [5.41, 5.74) is 6.08. The van der Waals surface area contributed by atoms with Crippen LogP contribution in [0.5, 0.6) is 11.5 Å². The summed E-state index contributed by atoms with van der Waals surface area (Å²) in [4.78, 5) is 0. The second-order valence-electron chi connectivity index (χ2n) is 3.84. The van der Waals surface area contributed by atoms with Crippen molar-refractivity contribution in [1.82, 2.24) is 0 Å². The number of benzene rings is 1. The molecule has 0 bridgehead atoms. The molecule has 0 saturated heterocycles. The molecule has 3 N–H and O–H groups in total. The first-order chi connectivity index (χ1) is 9.21. The third-order valence-electron chi connectivity index (χ3n) is 2.36. The molecule has 0 aliphatic carbocycles. The number of hydrogen-bond acceptors (Lipinski definition) is 5. The zero-order valence-electron chi connectivity index (χ0n) is 11.3. The smallest absolute Gasteiger partial charge is 0.170 e. The molecule has 6 heteroatoms. The highest BCUT2D eigenvalue weighted by atomic mass is 16.5. The Bertz CT molecular complexity index is 421. The number of methoxy groups -OCH3 is 1. The first kappa shape index (κ1) is 15.1. The van der Waals surface area contributed by atoms with E-state index >= 15 is 0 Å². The van der Waals surface area contributed by atoms with E-state index in [9.17, 15) is 0 Å². The van der Waals surface area contributed by atoms with E-state index in [-0.39, 0.29) is 5.84 Å². The van der Waals surface area contributed by atoms with E-state index in [4.69, 9.17) is 25.2 Å². The van der Waals surface area contributed by atoms with Crippen molar-refractivity contribution in [2.75, 3.05) is 26.9 Å².